The van der Waals surface area contributed by atoms with E-state index in [-0.39, 0.29) is 12.3 Å². The Kier molecular flexibility index (Phi) is 4.43. The molecule has 1 rings (SSSR count). The molecule has 0 heterocycles. The summed E-state index contributed by atoms with van der Waals surface area (Å²) < 4.78 is 9.92. The van der Waals surface area contributed by atoms with Crippen LogP contribution in [0.4, 0.5) is 0 Å². The average molecular weight is 234 g/mol. The van der Waals surface area contributed by atoms with Crippen LogP contribution in [0.25, 0.3) is 5.53 Å². The lowest BCUT2D eigenvalue weighted by molar-refractivity contribution is -0.139. The summed E-state index contributed by atoms with van der Waals surface area (Å²) in [6.07, 6.45) is 0. The molecule has 0 fully saturated rings. The van der Waals surface area contributed by atoms with Crippen molar-refractivity contribution in [2.45, 2.75) is 13.8 Å². The number of esters is 1. The quantitative estimate of drug-likeness (QED) is 0.343. The topological polar surface area (TPSA) is 71.9 Å². The standard InChI is InChI=1S/C12H14N2O3/c1-4-17-12(15)11(14-13)9-7-8(2)5-6-10(9)16-3/h5-7H,4H2,1-3H3. The number of nitrogens with zero attached hydrogens (tertiary/aromatic N) is 2. The number of aryl methyl sites for hydroxylation is 1. The molecule has 90 valence electrons. The highest BCUT2D eigenvalue weighted by molar-refractivity contribution is 6.41. The predicted molar refractivity (Wildman–Crippen MR) is 62.1 cm³/mol. The van der Waals surface area contributed by atoms with E-state index in [4.69, 9.17) is 15.0 Å². The van der Waals surface area contributed by atoms with Gasteiger partial charge in [0.05, 0.1) is 13.7 Å². The van der Waals surface area contributed by atoms with E-state index in [1.807, 2.05) is 13.0 Å². The highest BCUT2D eigenvalue weighted by Gasteiger charge is 2.27. The molecule has 0 aromatic heterocycles. The van der Waals surface area contributed by atoms with Crippen LogP contribution in [0.2, 0.25) is 0 Å². The molecule has 1 aromatic rings. The van der Waals surface area contributed by atoms with Crippen LogP contribution >= 0.6 is 0 Å². The first kappa shape index (κ1) is 12.9. The van der Waals surface area contributed by atoms with E-state index in [2.05, 4.69) is 4.79 Å². The molecule has 0 saturated heterocycles. The fourth-order valence-corrected chi connectivity index (χ4v) is 1.41. The molecule has 0 aliphatic rings. The Labute approximate surface area is 99.6 Å². The molecule has 0 bridgehead atoms. The smallest absolute Gasteiger partial charge is 0.422 e. The van der Waals surface area contributed by atoms with Crippen molar-refractivity contribution in [1.82, 2.24) is 0 Å². The predicted octanol–water partition coefficient (Wildman–Crippen LogP) is 1.59. The van der Waals surface area contributed by atoms with Gasteiger partial charge in [-0.3, -0.25) is 0 Å². The number of benzene rings is 1. The van der Waals surface area contributed by atoms with Crippen molar-refractivity contribution in [3.8, 4) is 5.75 Å². The van der Waals surface area contributed by atoms with E-state index >= 15 is 0 Å². The Bertz CT molecular complexity index is 477. The summed E-state index contributed by atoms with van der Waals surface area (Å²) in [7, 11) is 1.48. The number of carbonyl (C=O) groups is 1. The summed E-state index contributed by atoms with van der Waals surface area (Å²) in [6.45, 7) is 3.76. The first-order valence-corrected chi connectivity index (χ1v) is 5.18. The summed E-state index contributed by atoms with van der Waals surface area (Å²) in [5.74, 6) is -0.227. The van der Waals surface area contributed by atoms with Gasteiger partial charge in [0, 0.05) is 0 Å². The molecule has 0 aliphatic carbocycles. The summed E-state index contributed by atoms with van der Waals surface area (Å²) in [5, 5.41) is 0. The van der Waals surface area contributed by atoms with Gasteiger partial charge in [0.1, 0.15) is 11.3 Å². The lowest BCUT2D eigenvalue weighted by Crippen LogP contribution is -2.20. The summed E-state index contributed by atoms with van der Waals surface area (Å²) in [5.41, 5.74) is 10.1. The maximum absolute atomic E-state index is 11.6. The molecule has 0 saturated carbocycles. The normalized spacial score (nSPS) is 9.35. The minimum Gasteiger partial charge on any atom is -0.496 e. The molecule has 0 amide bonds. The van der Waals surface area contributed by atoms with E-state index in [0.29, 0.717) is 11.3 Å². The van der Waals surface area contributed by atoms with Gasteiger partial charge in [0.2, 0.25) is 0 Å². The van der Waals surface area contributed by atoms with Gasteiger partial charge in [-0.2, -0.15) is 4.79 Å². The van der Waals surface area contributed by atoms with Crippen LogP contribution in [0.1, 0.15) is 18.1 Å². The molecular weight excluding hydrogens is 220 g/mol. The molecule has 0 N–H and O–H groups in total. The Morgan fingerprint density at radius 2 is 2.18 bits per heavy atom. The average Bonchev–Trinajstić information content (AvgIpc) is 2.31. The highest BCUT2D eigenvalue weighted by atomic mass is 16.5. The van der Waals surface area contributed by atoms with Gasteiger partial charge < -0.3 is 15.0 Å². The Hall–Kier alpha value is -2.13. The zero-order chi connectivity index (χ0) is 12.8. The molecule has 5 heteroatoms. The van der Waals surface area contributed by atoms with Crippen molar-refractivity contribution in [2.24, 2.45) is 0 Å². The van der Waals surface area contributed by atoms with Crippen LogP contribution < -0.4 is 4.74 Å². The molecular formula is C12H14N2O3. The highest BCUT2D eigenvalue weighted by Crippen LogP contribution is 2.20. The molecule has 5 nitrogen and oxygen atoms in total. The van der Waals surface area contributed by atoms with Crippen LogP contribution in [0.3, 0.4) is 0 Å². The minimum atomic E-state index is -0.682. The molecule has 0 aliphatic heterocycles. The Morgan fingerprint density at radius 3 is 2.71 bits per heavy atom. The number of rotatable bonds is 4. The van der Waals surface area contributed by atoms with Crippen molar-refractivity contribution in [3.63, 3.8) is 0 Å². The minimum absolute atomic E-state index is 0.160. The molecule has 0 atom stereocenters. The van der Waals surface area contributed by atoms with Gasteiger partial charge in [0.25, 0.3) is 0 Å². The molecule has 0 unspecified atom stereocenters. The van der Waals surface area contributed by atoms with E-state index < -0.39 is 5.97 Å². The van der Waals surface area contributed by atoms with Crippen molar-refractivity contribution >= 4 is 11.7 Å². The Morgan fingerprint density at radius 1 is 1.47 bits per heavy atom. The largest absolute Gasteiger partial charge is 0.496 e. The zero-order valence-corrected chi connectivity index (χ0v) is 10.1. The van der Waals surface area contributed by atoms with Crippen molar-refractivity contribution in [1.29, 1.82) is 0 Å². The first-order valence-electron chi connectivity index (χ1n) is 5.18. The van der Waals surface area contributed by atoms with E-state index in [0.717, 1.165) is 5.56 Å². The van der Waals surface area contributed by atoms with Crippen molar-refractivity contribution in [3.05, 3.63) is 34.9 Å². The summed E-state index contributed by atoms with van der Waals surface area (Å²) >= 11 is 0. The fourth-order valence-electron chi connectivity index (χ4n) is 1.41. The van der Waals surface area contributed by atoms with Crippen molar-refractivity contribution < 1.29 is 19.1 Å². The third-order valence-electron chi connectivity index (χ3n) is 2.18. The van der Waals surface area contributed by atoms with Gasteiger partial charge in [-0.1, -0.05) is 6.07 Å². The van der Waals surface area contributed by atoms with Crippen LogP contribution in [-0.4, -0.2) is 30.2 Å². The second kappa shape index (κ2) is 5.82. The Balaban J connectivity index is 3.25. The lowest BCUT2D eigenvalue weighted by atomic mass is 10.1. The summed E-state index contributed by atoms with van der Waals surface area (Å²) in [4.78, 5) is 14.6. The fraction of sp³-hybridized carbons (Fsp3) is 0.333. The second-order valence-electron chi connectivity index (χ2n) is 3.37. The van der Waals surface area contributed by atoms with E-state index in [1.54, 1.807) is 19.1 Å². The molecule has 0 radical (unpaired) electrons. The SMILES string of the molecule is CCOC(=O)C(=[N+]=[N-])c1cc(C)ccc1OC. The monoisotopic (exact) mass is 234 g/mol. The van der Waals surface area contributed by atoms with E-state index in [1.165, 1.54) is 7.11 Å². The van der Waals surface area contributed by atoms with Crippen LogP contribution in [0.5, 0.6) is 5.75 Å². The third-order valence-corrected chi connectivity index (χ3v) is 2.18. The second-order valence-corrected chi connectivity index (χ2v) is 3.37. The van der Waals surface area contributed by atoms with Gasteiger partial charge in [-0.15, -0.1) is 0 Å². The van der Waals surface area contributed by atoms with Gasteiger partial charge in [-0.25, -0.2) is 4.79 Å². The number of methoxy groups -OCH3 is 1. The van der Waals surface area contributed by atoms with Gasteiger partial charge in [-0.05, 0) is 31.5 Å². The van der Waals surface area contributed by atoms with Gasteiger partial charge >= 0.3 is 11.7 Å². The number of ether oxygens (including phenoxy) is 2. The third kappa shape index (κ3) is 2.92. The number of hydrogen-bond acceptors (Lipinski definition) is 3. The number of carbonyl (C=O) groups excluding carboxylic acids is 1. The molecule has 17 heavy (non-hydrogen) atoms. The summed E-state index contributed by atoms with van der Waals surface area (Å²) in [6, 6.07) is 5.24. The molecule has 0 spiro atoms. The lowest BCUT2D eigenvalue weighted by Gasteiger charge is -2.05. The zero-order valence-electron chi connectivity index (χ0n) is 10.1. The van der Waals surface area contributed by atoms with Crippen molar-refractivity contribution in [2.75, 3.05) is 13.7 Å². The molecule has 1 aromatic carbocycles. The van der Waals surface area contributed by atoms with Crippen LogP contribution in [-0.2, 0) is 9.53 Å². The first-order chi connectivity index (χ1) is 8.13. The van der Waals surface area contributed by atoms with Gasteiger partial charge in [0.15, 0.2) is 0 Å². The van der Waals surface area contributed by atoms with E-state index in [9.17, 15) is 4.79 Å². The van der Waals surface area contributed by atoms with Crippen LogP contribution in [0.15, 0.2) is 18.2 Å². The maximum Gasteiger partial charge on any atom is 0.422 e. The van der Waals surface area contributed by atoms with Crippen LogP contribution in [0, 0.1) is 6.92 Å². The maximum atomic E-state index is 11.6. The number of hydrogen-bond donors (Lipinski definition) is 0.